The molecule has 2 aromatic rings. The Morgan fingerprint density at radius 2 is 1.93 bits per heavy atom. The fourth-order valence-corrected chi connectivity index (χ4v) is 2.59. The molecule has 0 heterocycles. The molecule has 4 nitrogen and oxygen atoms in total. The van der Waals surface area contributed by atoms with Gasteiger partial charge in [0.05, 0.1) is 6.10 Å². The van der Waals surface area contributed by atoms with Crippen molar-refractivity contribution in [1.82, 2.24) is 0 Å². The zero-order valence-corrected chi connectivity index (χ0v) is 16.3. The molecule has 0 aliphatic heterocycles. The van der Waals surface area contributed by atoms with Crippen LogP contribution in [0.2, 0.25) is 0 Å². The molecule has 27 heavy (non-hydrogen) atoms. The highest BCUT2D eigenvalue weighted by molar-refractivity contribution is 6.07. The molecular weight excluding hydrogens is 338 g/mol. The summed E-state index contributed by atoms with van der Waals surface area (Å²) in [5.74, 6) is 0.660. The van der Waals surface area contributed by atoms with E-state index in [4.69, 9.17) is 4.74 Å². The summed E-state index contributed by atoms with van der Waals surface area (Å²) < 4.78 is 5.81. The highest BCUT2D eigenvalue weighted by Gasteiger charge is 2.10. The number of rotatable bonds is 8. The summed E-state index contributed by atoms with van der Waals surface area (Å²) in [7, 11) is 1.84. The van der Waals surface area contributed by atoms with Crippen LogP contribution in [0.15, 0.2) is 54.6 Å². The molecule has 142 valence electrons. The van der Waals surface area contributed by atoms with Gasteiger partial charge in [-0.1, -0.05) is 12.2 Å². The number of hydrogen-bond acceptors (Lipinski definition) is 4. The zero-order chi connectivity index (χ0) is 19.8. The van der Waals surface area contributed by atoms with Gasteiger partial charge < -0.3 is 15.2 Å². The zero-order valence-electron chi connectivity index (χ0n) is 16.3. The Balaban J connectivity index is 2.32. The van der Waals surface area contributed by atoms with Crippen LogP contribution in [-0.2, 0) is 6.42 Å². The Kier molecular flexibility index (Phi) is 7.24. The van der Waals surface area contributed by atoms with Gasteiger partial charge in [0.25, 0.3) is 0 Å². The molecule has 2 N–H and O–H groups in total. The predicted molar refractivity (Wildman–Crippen MR) is 112 cm³/mol. The Bertz CT molecular complexity index is 833. The van der Waals surface area contributed by atoms with Crippen LogP contribution in [0.25, 0.3) is 6.08 Å². The number of allylic oxidation sites excluding steroid dienone is 3. The first-order chi connectivity index (χ1) is 12.9. The first-order valence-electron chi connectivity index (χ1n) is 9.08. The van der Waals surface area contributed by atoms with Crippen molar-refractivity contribution < 1.29 is 14.6 Å². The van der Waals surface area contributed by atoms with Crippen molar-refractivity contribution in [3.8, 4) is 11.5 Å². The van der Waals surface area contributed by atoms with E-state index in [0.717, 1.165) is 16.8 Å². The van der Waals surface area contributed by atoms with E-state index in [1.165, 1.54) is 6.08 Å². The fraction of sp³-hybridized carbons (Fsp3) is 0.261. The molecular formula is C23H27NO3. The number of nitrogens with one attached hydrogen (secondary N) is 1. The second-order valence-corrected chi connectivity index (χ2v) is 6.48. The van der Waals surface area contributed by atoms with E-state index < -0.39 is 0 Å². The second kappa shape index (κ2) is 9.62. The molecule has 0 unspecified atom stereocenters. The van der Waals surface area contributed by atoms with Crippen molar-refractivity contribution in [3.63, 3.8) is 0 Å². The number of phenols is 1. The number of aromatic hydroxyl groups is 1. The van der Waals surface area contributed by atoms with E-state index in [1.54, 1.807) is 24.3 Å². The minimum absolute atomic E-state index is 0.0391. The van der Waals surface area contributed by atoms with Gasteiger partial charge in [-0.05, 0) is 75.2 Å². The normalized spacial score (nSPS) is 11.4. The summed E-state index contributed by atoms with van der Waals surface area (Å²) in [6.07, 6.45) is 7.76. The number of ketones is 1. The Morgan fingerprint density at radius 1 is 1.22 bits per heavy atom. The Morgan fingerprint density at radius 3 is 2.52 bits per heavy atom. The molecule has 0 fully saturated rings. The third kappa shape index (κ3) is 5.74. The van der Waals surface area contributed by atoms with E-state index in [2.05, 4.69) is 5.32 Å². The minimum atomic E-state index is -0.0868. The topological polar surface area (TPSA) is 58.6 Å². The molecule has 2 rings (SSSR count). The number of carbonyl (C=O) groups is 1. The molecule has 2 aromatic carbocycles. The van der Waals surface area contributed by atoms with Gasteiger partial charge in [-0.15, -0.1) is 0 Å². The smallest absolute Gasteiger partial charge is 0.185 e. The maximum atomic E-state index is 12.5. The average Bonchev–Trinajstić information content (AvgIpc) is 2.65. The van der Waals surface area contributed by atoms with Crippen LogP contribution in [0.3, 0.4) is 0 Å². The lowest BCUT2D eigenvalue weighted by Crippen LogP contribution is -2.07. The molecule has 0 aromatic heterocycles. The molecule has 0 radical (unpaired) electrons. The van der Waals surface area contributed by atoms with Gasteiger partial charge >= 0.3 is 0 Å². The lowest BCUT2D eigenvalue weighted by Gasteiger charge is -2.15. The summed E-state index contributed by atoms with van der Waals surface area (Å²) in [6, 6.07) is 10.8. The third-order valence-corrected chi connectivity index (χ3v) is 4.02. The minimum Gasteiger partial charge on any atom is -0.508 e. The van der Waals surface area contributed by atoms with Gasteiger partial charge in [-0.2, -0.15) is 0 Å². The number of anilines is 1. The van der Waals surface area contributed by atoms with Crippen molar-refractivity contribution in [1.29, 1.82) is 0 Å². The molecule has 0 amide bonds. The van der Waals surface area contributed by atoms with E-state index >= 15 is 0 Å². The number of carbonyl (C=O) groups excluding carboxylic acids is 1. The van der Waals surface area contributed by atoms with Crippen LogP contribution in [0, 0.1) is 0 Å². The molecule has 0 atom stereocenters. The first kappa shape index (κ1) is 20.3. The standard InChI is InChI=1S/C23H27NO3/c1-5-6-7-18-14-19(23(15-22(18)26)27-16(2)3)10-13-21(25)17-8-11-20(24-4)12-9-17/h5-6,8-16,24,26H,7H2,1-4H3/b6-5+,13-10+. The highest BCUT2D eigenvalue weighted by atomic mass is 16.5. The maximum Gasteiger partial charge on any atom is 0.185 e. The van der Waals surface area contributed by atoms with Crippen molar-refractivity contribution in [2.45, 2.75) is 33.3 Å². The van der Waals surface area contributed by atoms with Gasteiger partial charge in [0, 0.05) is 29.9 Å². The summed E-state index contributed by atoms with van der Waals surface area (Å²) >= 11 is 0. The van der Waals surface area contributed by atoms with Crippen molar-refractivity contribution >= 4 is 17.5 Å². The Hall–Kier alpha value is -3.01. The molecule has 0 saturated carbocycles. The van der Waals surface area contributed by atoms with Crippen LogP contribution >= 0.6 is 0 Å². The SMILES string of the molecule is C/C=C/Cc1cc(/C=C/C(=O)c2ccc(NC)cc2)c(OC(C)C)cc1O. The van der Waals surface area contributed by atoms with Gasteiger partial charge in [-0.25, -0.2) is 0 Å². The van der Waals surface area contributed by atoms with E-state index in [-0.39, 0.29) is 17.6 Å². The predicted octanol–water partition coefficient (Wildman–Crippen LogP) is 5.24. The summed E-state index contributed by atoms with van der Waals surface area (Å²) in [5.41, 5.74) is 3.12. The van der Waals surface area contributed by atoms with E-state index in [1.807, 2.05) is 58.2 Å². The van der Waals surface area contributed by atoms with Gasteiger partial charge in [-0.3, -0.25) is 4.79 Å². The molecule has 0 saturated heterocycles. The van der Waals surface area contributed by atoms with E-state index in [0.29, 0.717) is 17.7 Å². The number of phenolic OH excluding ortho intramolecular Hbond substituents is 1. The average molecular weight is 365 g/mol. The quantitative estimate of drug-likeness (QED) is 0.382. The molecule has 0 aliphatic carbocycles. The van der Waals surface area contributed by atoms with E-state index in [9.17, 15) is 9.90 Å². The molecule has 0 spiro atoms. The van der Waals surface area contributed by atoms with Crippen LogP contribution in [0.4, 0.5) is 5.69 Å². The van der Waals surface area contributed by atoms with Gasteiger partial charge in [0.2, 0.25) is 0 Å². The number of hydrogen-bond donors (Lipinski definition) is 2. The largest absolute Gasteiger partial charge is 0.508 e. The number of benzene rings is 2. The van der Waals surface area contributed by atoms with Crippen molar-refractivity contribution in [2.24, 2.45) is 0 Å². The maximum absolute atomic E-state index is 12.5. The third-order valence-electron chi connectivity index (χ3n) is 4.02. The van der Waals surface area contributed by atoms with Crippen LogP contribution in [0.5, 0.6) is 11.5 Å². The fourth-order valence-electron chi connectivity index (χ4n) is 2.59. The monoisotopic (exact) mass is 365 g/mol. The highest BCUT2D eigenvalue weighted by Crippen LogP contribution is 2.31. The van der Waals surface area contributed by atoms with Crippen LogP contribution in [0.1, 0.15) is 42.3 Å². The number of ether oxygens (including phenoxy) is 1. The molecule has 0 bridgehead atoms. The van der Waals surface area contributed by atoms with Gasteiger partial charge in [0.1, 0.15) is 11.5 Å². The lowest BCUT2D eigenvalue weighted by molar-refractivity contribution is 0.104. The second-order valence-electron chi connectivity index (χ2n) is 6.48. The summed E-state index contributed by atoms with van der Waals surface area (Å²) in [5, 5.41) is 13.3. The Labute approximate surface area is 161 Å². The summed E-state index contributed by atoms with van der Waals surface area (Å²) in [4.78, 5) is 12.5. The van der Waals surface area contributed by atoms with Gasteiger partial charge in [0.15, 0.2) is 5.78 Å². The van der Waals surface area contributed by atoms with Crippen molar-refractivity contribution in [3.05, 3.63) is 71.3 Å². The lowest BCUT2D eigenvalue weighted by atomic mass is 10.0. The van der Waals surface area contributed by atoms with Crippen LogP contribution < -0.4 is 10.1 Å². The first-order valence-corrected chi connectivity index (χ1v) is 9.08. The summed E-state index contributed by atoms with van der Waals surface area (Å²) in [6.45, 7) is 5.78. The molecule has 4 heteroatoms. The van der Waals surface area contributed by atoms with Crippen LogP contribution in [-0.4, -0.2) is 24.0 Å². The molecule has 0 aliphatic rings. The van der Waals surface area contributed by atoms with Crippen molar-refractivity contribution in [2.75, 3.05) is 12.4 Å².